The van der Waals surface area contributed by atoms with Crippen LogP contribution in [-0.4, -0.2) is 35.5 Å². The molecule has 0 aromatic carbocycles. The van der Waals surface area contributed by atoms with Crippen molar-refractivity contribution >= 4 is 22.8 Å². The van der Waals surface area contributed by atoms with Crippen molar-refractivity contribution in [3.8, 4) is 0 Å². The summed E-state index contributed by atoms with van der Waals surface area (Å²) in [6, 6.07) is 0.711. The van der Waals surface area contributed by atoms with E-state index in [-0.39, 0.29) is 11.9 Å². The lowest BCUT2D eigenvalue weighted by Crippen LogP contribution is -2.30. The Kier molecular flexibility index (Phi) is 4.94. The number of hydrogen-bond donors (Lipinski definition) is 2. The molecule has 4 nitrogen and oxygen atoms in total. The van der Waals surface area contributed by atoms with Gasteiger partial charge in [-0.3, -0.25) is 9.79 Å². The van der Waals surface area contributed by atoms with Gasteiger partial charge in [0.1, 0.15) is 0 Å². The third-order valence-electron chi connectivity index (χ3n) is 1.88. The molecule has 1 atom stereocenters. The second-order valence-corrected chi connectivity index (χ2v) is 5.02. The first kappa shape index (κ1) is 12.4. The molecule has 0 aromatic rings. The highest BCUT2D eigenvalue weighted by Crippen LogP contribution is 2.12. The van der Waals surface area contributed by atoms with Gasteiger partial charge in [-0.15, -0.1) is 0 Å². The third-order valence-corrected chi connectivity index (χ3v) is 3.07. The molecule has 5 heteroatoms. The van der Waals surface area contributed by atoms with E-state index in [9.17, 15) is 4.79 Å². The van der Waals surface area contributed by atoms with Gasteiger partial charge in [-0.25, -0.2) is 0 Å². The van der Waals surface area contributed by atoms with Crippen LogP contribution in [0.25, 0.3) is 0 Å². The Morgan fingerprint density at radius 3 is 3.00 bits per heavy atom. The quantitative estimate of drug-likeness (QED) is 0.755. The minimum Gasteiger partial charge on any atom is -0.362 e. The van der Waals surface area contributed by atoms with Gasteiger partial charge in [0, 0.05) is 24.3 Å². The number of carbonyl (C=O) groups excluding carboxylic acids is 1. The summed E-state index contributed by atoms with van der Waals surface area (Å²) in [7, 11) is 0. The second-order valence-electron chi connectivity index (χ2n) is 4.02. The predicted octanol–water partition coefficient (Wildman–Crippen LogP) is 0.982. The van der Waals surface area contributed by atoms with Crippen molar-refractivity contribution in [3.05, 3.63) is 0 Å². The largest absolute Gasteiger partial charge is 0.362 e. The molecule has 1 aliphatic heterocycles. The number of nitrogens with one attached hydrogen (secondary N) is 2. The number of rotatable bonds is 4. The summed E-state index contributed by atoms with van der Waals surface area (Å²) in [4.78, 5) is 15.6. The number of aliphatic imine (C=N–C) groups is 1. The number of hydrogen-bond acceptors (Lipinski definition) is 3. The highest BCUT2D eigenvalue weighted by molar-refractivity contribution is 8.14. The fourth-order valence-electron chi connectivity index (χ4n) is 1.24. The van der Waals surface area contributed by atoms with E-state index in [0.717, 1.165) is 10.9 Å². The van der Waals surface area contributed by atoms with Gasteiger partial charge in [-0.05, 0) is 20.8 Å². The van der Waals surface area contributed by atoms with Crippen molar-refractivity contribution in [2.24, 2.45) is 4.99 Å². The summed E-state index contributed by atoms with van der Waals surface area (Å²) in [6.07, 6.45) is 0.471. The fraction of sp³-hybridized carbons (Fsp3) is 0.800. The molecule has 86 valence electrons. The summed E-state index contributed by atoms with van der Waals surface area (Å²) in [5.74, 6) is 1.14. The Hall–Kier alpha value is -0.710. The Bertz CT molecular complexity index is 253. The smallest absolute Gasteiger partial charge is 0.222 e. The van der Waals surface area contributed by atoms with Crippen LogP contribution >= 0.6 is 11.8 Å². The topological polar surface area (TPSA) is 53.5 Å². The third kappa shape index (κ3) is 5.06. The number of carbonyl (C=O) groups is 1. The molecule has 1 amide bonds. The molecule has 1 heterocycles. The minimum atomic E-state index is 0.0744. The van der Waals surface area contributed by atoms with Crippen molar-refractivity contribution in [3.63, 3.8) is 0 Å². The van der Waals surface area contributed by atoms with Crippen LogP contribution in [0.2, 0.25) is 0 Å². The molecule has 15 heavy (non-hydrogen) atoms. The molecular weight excluding hydrogens is 210 g/mol. The van der Waals surface area contributed by atoms with Crippen LogP contribution in [0.15, 0.2) is 4.99 Å². The van der Waals surface area contributed by atoms with E-state index in [4.69, 9.17) is 0 Å². The monoisotopic (exact) mass is 229 g/mol. The number of nitrogens with zero attached hydrogens (tertiary/aromatic N) is 1. The first-order chi connectivity index (χ1) is 7.08. The maximum atomic E-state index is 11.3. The Labute approximate surface area is 95.3 Å². The van der Waals surface area contributed by atoms with Gasteiger partial charge in [-0.1, -0.05) is 11.8 Å². The minimum absolute atomic E-state index is 0.0744. The molecular formula is C10H19N3OS. The standard InChI is InChI=1S/C10H19N3OS/c1-7(2)12-9(14)4-5-11-10-13-8(3)6-15-10/h7-8H,4-6H2,1-3H3,(H,11,13)(H,12,14). The second kappa shape index (κ2) is 6.00. The lowest BCUT2D eigenvalue weighted by molar-refractivity contribution is -0.121. The number of amides is 1. The zero-order valence-corrected chi connectivity index (χ0v) is 10.4. The molecule has 0 radical (unpaired) electrons. The van der Waals surface area contributed by atoms with Crippen LogP contribution < -0.4 is 10.6 Å². The fourth-order valence-corrected chi connectivity index (χ4v) is 2.20. The van der Waals surface area contributed by atoms with Gasteiger partial charge in [0.25, 0.3) is 0 Å². The van der Waals surface area contributed by atoms with Crippen LogP contribution in [0.4, 0.5) is 0 Å². The summed E-state index contributed by atoms with van der Waals surface area (Å²) in [5, 5.41) is 7.06. The SMILES string of the molecule is CC(C)NC(=O)CCN=C1NC(C)CS1. The first-order valence-electron chi connectivity index (χ1n) is 5.31. The summed E-state index contributed by atoms with van der Waals surface area (Å²) < 4.78 is 0. The van der Waals surface area contributed by atoms with Gasteiger partial charge in [0.15, 0.2) is 5.17 Å². The van der Waals surface area contributed by atoms with Gasteiger partial charge >= 0.3 is 0 Å². The molecule has 1 fully saturated rings. The molecule has 0 bridgehead atoms. The molecule has 0 aliphatic carbocycles. The molecule has 1 saturated heterocycles. The van der Waals surface area contributed by atoms with Crippen LogP contribution in [0, 0.1) is 0 Å². The van der Waals surface area contributed by atoms with Crippen LogP contribution in [0.1, 0.15) is 27.2 Å². The lowest BCUT2D eigenvalue weighted by atomic mass is 10.3. The molecule has 1 unspecified atom stereocenters. The van der Waals surface area contributed by atoms with Gasteiger partial charge in [-0.2, -0.15) is 0 Å². The van der Waals surface area contributed by atoms with E-state index in [0.29, 0.717) is 19.0 Å². The highest BCUT2D eigenvalue weighted by Gasteiger charge is 2.14. The van der Waals surface area contributed by atoms with E-state index >= 15 is 0 Å². The highest BCUT2D eigenvalue weighted by atomic mass is 32.2. The Morgan fingerprint density at radius 1 is 1.73 bits per heavy atom. The molecule has 1 aliphatic rings. The zero-order chi connectivity index (χ0) is 11.3. The van der Waals surface area contributed by atoms with E-state index in [2.05, 4.69) is 22.5 Å². The maximum Gasteiger partial charge on any atom is 0.222 e. The lowest BCUT2D eigenvalue weighted by Gasteiger charge is -2.06. The molecule has 0 saturated carbocycles. The molecule has 0 aromatic heterocycles. The van der Waals surface area contributed by atoms with Crippen LogP contribution in [0.3, 0.4) is 0 Å². The van der Waals surface area contributed by atoms with Gasteiger partial charge < -0.3 is 10.6 Å². The number of thioether (sulfide) groups is 1. The predicted molar refractivity (Wildman–Crippen MR) is 65.3 cm³/mol. The van der Waals surface area contributed by atoms with Crippen molar-refractivity contribution in [1.82, 2.24) is 10.6 Å². The Morgan fingerprint density at radius 2 is 2.47 bits per heavy atom. The molecule has 1 rings (SSSR count). The average molecular weight is 229 g/mol. The van der Waals surface area contributed by atoms with Gasteiger partial charge in [0.05, 0.1) is 6.54 Å². The molecule has 0 spiro atoms. The average Bonchev–Trinajstić information content (AvgIpc) is 2.50. The number of amidine groups is 1. The van der Waals surface area contributed by atoms with E-state index in [1.54, 1.807) is 11.8 Å². The maximum absolute atomic E-state index is 11.3. The normalized spacial score (nSPS) is 23.2. The first-order valence-corrected chi connectivity index (χ1v) is 6.29. The van der Waals surface area contributed by atoms with Crippen molar-refractivity contribution in [2.45, 2.75) is 39.3 Å². The zero-order valence-electron chi connectivity index (χ0n) is 9.54. The van der Waals surface area contributed by atoms with E-state index in [1.165, 1.54) is 0 Å². The van der Waals surface area contributed by atoms with Crippen molar-refractivity contribution < 1.29 is 4.79 Å². The summed E-state index contributed by atoms with van der Waals surface area (Å²) in [5.41, 5.74) is 0. The Balaban J connectivity index is 2.18. The van der Waals surface area contributed by atoms with Crippen molar-refractivity contribution in [2.75, 3.05) is 12.3 Å². The van der Waals surface area contributed by atoms with Gasteiger partial charge in [0.2, 0.25) is 5.91 Å². The summed E-state index contributed by atoms with van der Waals surface area (Å²) >= 11 is 1.72. The molecule has 2 N–H and O–H groups in total. The van der Waals surface area contributed by atoms with Crippen LogP contribution in [0.5, 0.6) is 0 Å². The van der Waals surface area contributed by atoms with Crippen molar-refractivity contribution in [1.29, 1.82) is 0 Å². The van der Waals surface area contributed by atoms with E-state index < -0.39 is 0 Å². The van der Waals surface area contributed by atoms with Crippen LogP contribution in [-0.2, 0) is 4.79 Å². The summed E-state index contributed by atoms with van der Waals surface area (Å²) in [6.45, 7) is 6.61. The van der Waals surface area contributed by atoms with E-state index in [1.807, 2.05) is 13.8 Å².